The lowest BCUT2D eigenvalue weighted by Gasteiger charge is -2.21. The molecule has 19 heavy (non-hydrogen) atoms. The van der Waals surface area contributed by atoms with Crippen molar-refractivity contribution in [1.29, 1.82) is 0 Å². The highest BCUT2D eigenvalue weighted by molar-refractivity contribution is 5.59. The van der Waals surface area contributed by atoms with Crippen LogP contribution in [0.3, 0.4) is 0 Å². The van der Waals surface area contributed by atoms with Gasteiger partial charge in [0, 0.05) is 17.8 Å². The molecular formula is C17H19NO. The van der Waals surface area contributed by atoms with Crippen molar-refractivity contribution in [3.05, 3.63) is 59.2 Å². The minimum atomic E-state index is 0.626. The Hall–Kier alpha value is -1.96. The molecule has 2 aromatic rings. The molecule has 0 atom stereocenters. The normalized spacial score (nSPS) is 13.5. The van der Waals surface area contributed by atoms with Crippen molar-refractivity contribution < 1.29 is 4.74 Å². The minimum absolute atomic E-state index is 0.626. The van der Waals surface area contributed by atoms with E-state index in [9.17, 15) is 0 Å². The van der Waals surface area contributed by atoms with E-state index < -0.39 is 0 Å². The third-order valence-corrected chi connectivity index (χ3v) is 3.64. The monoisotopic (exact) mass is 253 g/mol. The molecule has 0 saturated heterocycles. The minimum Gasteiger partial charge on any atom is -0.489 e. The molecule has 2 aromatic carbocycles. The van der Waals surface area contributed by atoms with Gasteiger partial charge in [-0.2, -0.15) is 0 Å². The van der Waals surface area contributed by atoms with Crippen LogP contribution in [-0.2, 0) is 13.0 Å². The molecule has 0 aliphatic carbocycles. The molecule has 0 saturated carbocycles. The van der Waals surface area contributed by atoms with Gasteiger partial charge in [-0.15, -0.1) is 0 Å². The van der Waals surface area contributed by atoms with Gasteiger partial charge in [0.05, 0.1) is 0 Å². The molecule has 0 radical (unpaired) electrons. The van der Waals surface area contributed by atoms with E-state index in [4.69, 9.17) is 4.74 Å². The number of aryl methyl sites for hydroxylation is 2. The summed E-state index contributed by atoms with van der Waals surface area (Å²) in [5.74, 6) is 0.968. The number of para-hydroxylation sites is 2. The summed E-state index contributed by atoms with van der Waals surface area (Å²) in [7, 11) is 0. The van der Waals surface area contributed by atoms with Crippen molar-refractivity contribution in [1.82, 2.24) is 0 Å². The fourth-order valence-corrected chi connectivity index (χ4v) is 2.58. The first-order valence-electron chi connectivity index (χ1n) is 6.87. The molecule has 1 aliphatic rings. The molecule has 2 nitrogen and oxygen atoms in total. The first-order chi connectivity index (χ1) is 9.34. The first kappa shape index (κ1) is 12.1. The zero-order valence-corrected chi connectivity index (χ0v) is 11.3. The Kier molecular flexibility index (Phi) is 3.41. The van der Waals surface area contributed by atoms with Crippen molar-refractivity contribution in [2.75, 3.05) is 11.9 Å². The highest BCUT2D eigenvalue weighted by Crippen LogP contribution is 2.27. The predicted molar refractivity (Wildman–Crippen MR) is 78.8 cm³/mol. The van der Waals surface area contributed by atoms with E-state index in [-0.39, 0.29) is 0 Å². The van der Waals surface area contributed by atoms with Gasteiger partial charge in [-0.3, -0.25) is 0 Å². The van der Waals surface area contributed by atoms with Gasteiger partial charge in [-0.25, -0.2) is 0 Å². The summed E-state index contributed by atoms with van der Waals surface area (Å²) in [5.41, 5.74) is 5.13. The zero-order valence-electron chi connectivity index (χ0n) is 11.3. The van der Waals surface area contributed by atoms with Gasteiger partial charge >= 0.3 is 0 Å². The second-order valence-corrected chi connectivity index (χ2v) is 5.04. The highest BCUT2D eigenvalue weighted by atomic mass is 16.5. The van der Waals surface area contributed by atoms with Crippen molar-refractivity contribution in [3.8, 4) is 5.75 Å². The molecular weight excluding hydrogens is 234 g/mol. The number of rotatable bonds is 3. The number of benzene rings is 2. The fourth-order valence-electron chi connectivity index (χ4n) is 2.58. The van der Waals surface area contributed by atoms with Gasteiger partial charge in [-0.05, 0) is 37.0 Å². The average molecular weight is 253 g/mol. The van der Waals surface area contributed by atoms with Crippen molar-refractivity contribution in [3.63, 3.8) is 0 Å². The molecule has 1 N–H and O–H groups in total. The molecule has 0 bridgehead atoms. The Labute approximate surface area is 114 Å². The standard InChI is InChI=1S/C17H19NO/c1-13-6-2-3-10-16(13)19-12-15-8-4-7-14-9-5-11-18-17(14)15/h2-4,6-8,10,18H,5,9,11-12H2,1H3. The summed E-state index contributed by atoms with van der Waals surface area (Å²) >= 11 is 0. The summed E-state index contributed by atoms with van der Waals surface area (Å²) in [6.07, 6.45) is 2.38. The van der Waals surface area contributed by atoms with Crippen LogP contribution >= 0.6 is 0 Å². The second-order valence-electron chi connectivity index (χ2n) is 5.04. The molecule has 0 unspecified atom stereocenters. The summed E-state index contributed by atoms with van der Waals surface area (Å²) in [6.45, 7) is 3.77. The number of nitrogens with one attached hydrogen (secondary N) is 1. The number of fused-ring (bicyclic) bond motifs is 1. The molecule has 1 aliphatic heterocycles. The molecule has 0 aromatic heterocycles. The lowest BCUT2D eigenvalue weighted by molar-refractivity contribution is 0.304. The van der Waals surface area contributed by atoms with Crippen molar-refractivity contribution >= 4 is 5.69 Å². The van der Waals surface area contributed by atoms with E-state index >= 15 is 0 Å². The van der Waals surface area contributed by atoms with Gasteiger partial charge in [0.15, 0.2) is 0 Å². The zero-order chi connectivity index (χ0) is 13.1. The molecule has 2 heteroatoms. The molecule has 1 heterocycles. The average Bonchev–Trinajstić information content (AvgIpc) is 2.46. The van der Waals surface area contributed by atoms with E-state index in [1.165, 1.54) is 35.2 Å². The third-order valence-electron chi connectivity index (χ3n) is 3.64. The Balaban J connectivity index is 1.79. The largest absolute Gasteiger partial charge is 0.489 e. The molecule has 98 valence electrons. The quantitative estimate of drug-likeness (QED) is 0.894. The van der Waals surface area contributed by atoms with Gasteiger partial charge in [0.2, 0.25) is 0 Å². The predicted octanol–water partition coefficient (Wildman–Crippen LogP) is 3.93. The Bertz CT molecular complexity index is 577. The van der Waals surface area contributed by atoms with E-state index in [0.717, 1.165) is 12.3 Å². The molecule has 0 amide bonds. The van der Waals surface area contributed by atoms with Gasteiger partial charge < -0.3 is 10.1 Å². The SMILES string of the molecule is Cc1ccccc1OCc1cccc2c1NCCC2. The number of hydrogen-bond acceptors (Lipinski definition) is 2. The fraction of sp³-hybridized carbons (Fsp3) is 0.294. The van der Waals surface area contributed by atoms with Crippen LogP contribution in [0.25, 0.3) is 0 Å². The van der Waals surface area contributed by atoms with E-state index in [1.54, 1.807) is 0 Å². The maximum absolute atomic E-state index is 5.95. The smallest absolute Gasteiger partial charge is 0.122 e. The van der Waals surface area contributed by atoms with Crippen molar-refractivity contribution in [2.45, 2.75) is 26.4 Å². The van der Waals surface area contributed by atoms with Crippen LogP contribution in [0.5, 0.6) is 5.75 Å². The summed E-state index contributed by atoms with van der Waals surface area (Å²) < 4.78 is 5.95. The maximum atomic E-state index is 5.95. The summed E-state index contributed by atoms with van der Waals surface area (Å²) in [4.78, 5) is 0. The summed E-state index contributed by atoms with van der Waals surface area (Å²) in [6, 6.07) is 14.6. The maximum Gasteiger partial charge on any atom is 0.122 e. The first-order valence-corrected chi connectivity index (χ1v) is 6.87. The van der Waals surface area contributed by atoms with Gasteiger partial charge in [0.25, 0.3) is 0 Å². The van der Waals surface area contributed by atoms with E-state index in [2.05, 4.69) is 36.5 Å². The van der Waals surface area contributed by atoms with Crippen LogP contribution in [0.15, 0.2) is 42.5 Å². The Morgan fingerprint density at radius 3 is 2.89 bits per heavy atom. The Morgan fingerprint density at radius 2 is 2.00 bits per heavy atom. The van der Waals surface area contributed by atoms with E-state index in [1.807, 2.05) is 18.2 Å². The molecule has 3 rings (SSSR count). The topological polar surface area (TPSA) is 21.3 Å². The van der Waals surface area contributed by atoms with E-state index in [0.29, 0.717) is 6.61 Å². The van der Waals surface area contributed by atoms with Crippen LogP contribution in [0.2, 0.25) is 0 Å². The highest BCUT2D eigenvalue weighted by Gasteiger charge is 2.12. The third kappa shape index (κ3) is 2.58. The van der Waals surface area contributed by atoms with Crippen LogP contribution in [-0.4, -0.2) is 6.54 Å². The summed E-state index contributed by atoms with van der Waals surface area (Å²) in [5, 5.41) is 3.50. The number of ether oxygens (including phenoxy) is 1. The number of anilines is 1. The number of hydrogen-bond donors (Lipinski definition) is 1. The van der Waals surface area contributed by atoms with Crippen LogP contribution in [0.4, 0.5) is 5.69 Å². The van der Waals surface area contributed by atoms with Crippen LogP contribution < -0.4 is 10.1 Å². The molecule has 0 fully saturated rings. The Morgan fingerprint density at radius 1 is 1.11 bits per heavy atom. The lowest BCUT2D eigenvalue weighted by Crippen LogP contribution is -2.14. The molecule has 0 spiro atoms. The second kappa shape index (κ2) is 5.35. The lowest BCUT2D eigenvalue weighted by atomic mass is 10.00. The van der Waals surface area contributed by atoms with Crippen LogP contribution in [0.1, 0.15) is 23.1 Å². The van der Waals surface area contributed by atoms with Gasteiger partial charge in [-0.1, -0.05) is 36.4 Å². The van der Waals surface area contributed by atoms with Gasteiger partial charge in [0.1, 0.15) is 12.4 Å². The van der Waals surface area contributed by atoms with Crippen molar-refractivity contribution in [2.24, 2.45) is 0 Å². The van der Waals surface area contributed by atoms with Crippen LogP contribution in [0, 0.1) is 6.92 Å².